The van der Waals surface area contributed by atoms with E-state index in [-0.39, 0.29) is 0 Å². The molecule has 100 valence electrons. The summed E-state index contributed by atoms with van der Waals surface area (Å²) in [5, 5.41) is 9.54. The molecule has 2 N–H and O–H groups in total. The molecule has 0 aromatic carbocycles. The lowest BCUT2D eigenvalue weighted by atomic mass is 10.3. The Labute approximate surface area is 116 Å². The molecule has 6 heteroatoms. The Hall–Kier alpha value is -1.95. The molecule has 0 bridgehead atoms. The molecule has 0 spiro atoms. The predicted molar refractivity (Wildman–Crippen MR) is 78.1 cm³/mol. The number of nitrogens with one attached hydrogen (secondary N) is 2. The lowest BCUT2D eigenvalue weighted by molar-refractivity contribution is 0.790. The number of thiazole rings is 1. The van der Waals surface area contributed by atoms with Gasteiger partial charge in [-0.2, -0.15) is 0 Å². The van der Waals surface area contributed by atoms with Crippen molar-refractivity contribution < 1.29 is 0 Å². The average molecular weight is 275 g/mol. The Morgan fingerprint density at radius 2 is 2.16 bits per heavy atom. The van der Waals surface area contributed by atoms with Crippen LogP contribution in [-0.2, 0) is 13.1 Å². The fraction of sp³-hybridized carbons (Fsp3) is 0.308. The van der Waals surface area contributed by atoms with Gasteiger partial charge >= 0.3 is 0 Å². The van der Waals surface area contributed by atoms with E-state index in [9.17, 15) is 0 Å². The fourth-order valence-electron chi connectivity index (χ4n) is 1.54. The van der Waals surface area contributed by atoms with Crippen LogP contribution in [0.15, 0.2) is 34.8 Å². The van der Waals surface area contributed by atoms with Gasteiger partial charge in [0.2, 0.25) is 0 Å². The van der Waals surface area contributed by atoms with E-state index in [2.05, 4.69) is 25.6 Å². The molecule has 5 nitrogen and oxygen atoms in total. The van der Waals surface area contributed by atoms with Crippen LogP contribution in [0.1, 0.15) is 16.4 Å². The normalized spacial score (nSPS) is 11.4. The van der Waals surface area contributed by atoms with Gasteiger partial charge in [-0.1, -0.05) is 6.07 Å². The highest BCUT2D eigenvalue weighted by Crippen LogP contribution is 2.07. The van der Waals surface area contributed by atoms with Crippen LogP contribution in [0.4, 0.5) is 0 Å². The Balaban J connectivity index is 1.81. The van der Waals surface area contributed by atoms with Crippen LogP contribution >= 0.6 is 11.3 Å². The molecule has 2 rings (SSSR count). The molecule has 2 aromatic rings. The summed E-state index contributed by atoms with van der Waals surface area (Å²) < 4.78 is 0. The zero-order valence-corrected chi connectivity index (χ0v) is 11.9. The number of aryl methyl sites for hydroxylation is 1. The highest BCUT2D eigenvalue weighted by Gasteiger charge is 2.01. The van der Waals surface area contributed by atoms with Gasteiger partial charge < -0.3 is 10.6 Å². The first-order chi connectivity index (χ1) is 9.28. The van der Waals surface area contributed by atoms with Crippen molar-refractivity contribution in [2.45, 2.75) is 20.0 Å². The number of aromatic nitrogens is 2. The summed E-state index contributed by atoms with van der Waals surface area (Å²) in [6.07, 6.45) is 1.78. The molecule has 2 heterocycles. The summed E-state index contributed by atoms with van der Waals surface area (Å²) in [6, 6.07) is 5.85. The van der Waals surface area contributed by atoms with Gasteiger partial charge in [0.05, 0.1) is 18.8 Å². The van der Waals surface area contributed by atoms with Crippen LogP contribution in [0.3, 0.4) is 0 Å². The average Bonchev–Trinajstić information content (AvgIpc) is 2.86. The maximum absolute atomic E-state index is 4.40. The second-order valence-corrected chi connectivity index (χ2v) is 4.93. The Kier molecular flexibility index (Phi) is 4.85. The molecule has 0 saturated carbocycles. The first-order valence-corrected chi connectivity index (χ1v) is 6.91. The summed E-state index contributed by atoms with van der Waals surface area (Å²) >= 11 is 1.65. The van der Waals surface area contributed by atoms with Gasteiger partial charge in [0.25, 0.3) is 0 Å². The molecule has 0 aliphatic carbocycles. The number of hydrogen-bond acceptors (Lipinski definition) is 4. The van der Waals surface area contributed by atoms with E-state index in [1.165, 1.54) is 0 Å². The summed E-state index contributed by atoms with van der Waals surface area (Å²) in [6.45, 7) is 3.33. The summed E-state index contributed by atoms with van der Waals surface area (Å²) in [7, 11) is 1.75. The lowest BCUT2D eigenvalue weighted by Gasteiger charge is -2.10. The van der Waals surface area contributed by atoms with Crippen LogP contribution < -0.4 is 10.6 Å². The van der Waals surface area contributed by atoms with Crippen LogP contribution in [0.25, 0.3) is 0 Å². The van der Waals surface area contributed by atoms with Crippen molar-refractivity contribution in [1.82, 2.24) is 20.6 Å². The van der Waals surface area contributed by atoms with Gasteiger partial charge in [0, 0.05) is 24.3 Å². The van der Waals surface area contributed by atoms with Crippen LogP contribution in [0.5, 0.6) is 0 Å². The van der Waals surface area contributed by atoms with Gasteiger partial charge in [0.15, 0.2) is 5.96 Å². The minimum absolute atomic E-state index is 0.650. The second kappa shape index (κ2) is 6.84. The Morgan fingerprint density at radius 3 is 2.79 bits per heavy atom. The van der Waals surface area contributed by atoms with Crippen molar-refractivity contribution in [1.29, 1.82) is 0 Å². The van der Waals surface area contributed by atoms with E-state index >= 15 is 0 Å². The van der Waals surface area contributed by atoms with Crippen LogP contribution in [0.2, 0.25) is 0 Å². The topological polar surface area (TPSA) is 62.2 Å². The molecule has 0 aliphatic rings. The summed E-state index contributed by atoms with van der Waals surface area (Å²) in [4.78, 5) is 12.8. The minimum Gasteiger partial charge on any atom is -0.351 e. The lowest BCUT2D eigenvalue weighted by Crippen LogP contribution is -2.36. The molecular weight excluding hydrogens is 258 g/mol. The standard InChI is InChI=1S/C13H17N5S/c1-10-9-19-12(18-10)8-17-13(14-2)16-7-11-5-3-4-6-15-11/h3-6,9H,7-8H2,1-2H3,(H2,14,16,17). The van der Waals surface area contributed by atoms with Crippen molar-refractivity contribution in [2.24, 2.45) is 4.99 Å². The van der Waals surface area contributed by atoms with E-state index in [0.717, 1.165) is 22.4 Å². The van der Waals surface area contributed by atoms with Gasteiger partial charge in [-0.25, -0.2) is 4.98 Å². The number of guanidine groups is 1. The molecule has 0 unspecified atom stereocenters. The quantitative estimate of drug-likeness (QED) is 0.659. The molecule has 0 amide bonds. The molecule has 0 atom stereocenters. The Morgan fingerprint density at radius 1 is 1.32 bits per heavy atom. The maximum atomic E-state index is 4.40. The number of hydrogen-bond donors (Lipinski definition) is 2. The van der Waals surface area contributed by atoms with E-state index in [1.807, 2.05) is 30.5 Å². The number of nitrogens with zero attached hydrogens (tertiary/aromatic N) is 3. The van der Waals surface area contributed by atoms with Gasteiger partial charge in [0.1, 0.15) is 5.01 Å². The zero-order valence-electron chi connectivity index (χ0n) is 11.1. The van der Waals surface area contributed by atoms with Crippen molar-refractivity contribution in [3.05, 3.63) is 46.2 Å². The van der Waals surface area contributed by atoms with E-state index in [0.29, 0.717) is 13.1 Å². The third kappa shape index (κ3) is 4.33. The molecular formula is C13H17N5S. The van der Waals surface area contributed by atoms with E-state index in [4.69, 9.17) is 0 Å². The van der Waals surface area contributed by atoms with Crippen molar-refractivity contribution in [3.63, 3.8) is 0 Å². The smallest absolute Gasteiger partial charge is 0.191 e. The van der Waals surface area contributed by atoms with Crippen LogP contribution in [0, 0.1) is 6.92 Å². The third-order valence-electron chi connectivity index (χ3n) is 2.46. The molecule has 0 aliphatic heterocycles. The minimum atomic E-state index is 0.650. The van der Waals surface area contributed by atoms with Crippen LogP contribution in [-0.4, -0.2) is 23.0 Å². The molecule has 2 aromatic heterocycles. The van der Waals surface area contributed by atoms with E-state index < -0.39 is 0 Å². The summed E-state index contributed by atoms with van der Waals surface area (Å²) in [5.74, 6) is 0.749. The second-order valence-electron chi connectivity index (χ2n) is 3.98. The SMILES string of the molecule is CN=C(NCc1ccccn1)NCc1nc(C)cs1. The summed E-state index contributed by atoms with van der Waals surface area (Å²) in [5.41, 5.74) is 2.04. The number of pyridine rings is 1. The highest BCUT2D eigenvalue weighted by molar-refractivity contribution is 7.09. The molecule has 0 fully saturated rings. The molecule has 19 heavy (non-hydrogen) atoms. The largest absolute Gasteiger partial charge is 0.351 e. The fourth-order valence-corrected chi connectivity index (χ4v) is 2.25. The Bertz CT molecular complexity index is 535. The van der Waals surface area contributed by atoms with E-state index in [1.54, 1.807) is 24.6 Å². The molecule has 0 radical (unpaired) electrons. The third-order valence-corrected chi connectivity index (χ3v) is 3.43. The van der Waals surface area contributed by atoms with Gasteiger partial charge in [-0.3, -0.25) is 9.98 Å². The number of rotatable bonds is 4. The molecule has 0 saturated heterocycles. The van der Waals surface area contributed by atoms with Crippen molar-refractivity contribution >= 4 is 17.3 Å². The zero-order chi connectivity index (χ0) is 13.5. The van der Waals surface area contributed by atoms with Crippen molar-refractivity contribution in [3.8, 4) is 0 Å². The van der Waals surface area contributed by atoms with Gasteiger partial charge in [-0.15, -0.1) is 11.3 Å². The maximum Gasteiger partial charge on any atom is 0.191 e. The first-order valence-electron chi connectivity index (χ1n) is 6.03. The van der Waals surface area contributed by atoms with Gasteiger partial charge in [-0.05, 0) is 19.1 Å². The highest BCUT2D eigenvalue weighted by atomic mass is 32.1. The predicted octanol–water partition coefficient (Wildman–Crippen LogP) is 1.71. The number of aliphatic imine (C=N–C) groups is 1. The first kappa shape index (κ1) is 13.5. The van der Waals surface area contributed by atoms with Crippen molar-refractivity contribution in [2.75, 3.05) is 7.05 Å². The monoisotopic (exact) mass is 275 g/mol.